The van der Waals surface area contributed by atoms with Crippen molar-refractivity contribution >= 4 is 32.8 Å². The number of aryl methyl sites for hydroxylation is 1. The molecule has 446 valence electrons. The van der Waals surface area contributed by atoms with Crippen LogP contribution in [0.1, 0.15) is 136 Å². The largest absolute Gasteiger partial charge is 0.510 e. The van der Waals surface area contributed by atoms with Crippen molar-refractivity contribution in [2.75, 3.05) is 0 Å². The first-order chi connectivity index (χ1) is 49.5. The van der Waals surface area contributed by atoms with Gasteiger partial charge in [0.15, 0.2) is 0 Å². The minimum absolute atomic E-state index is 0. The van der Waals surface area contributed by atoms with E-state index in [0.717, 1.165) is 38.8 Å². The van der Waals surface area contributed by atoms with E-state index in [1.807, 2.05) is 71.3 Å². The van der Waals surface area contributed by atoms with Crippen molar-refractivity contribution in [3.05, 3.63) is 271 Å². The molecule has 0 fully saturated rings. The first-order valence-corrected chi connectivity index (χ1v) is 29.4. The molecule has 0 unspecified atom stereocenters. The number of hydrogen-bond acceptors (Lipinski definition) is 2. The number of hydrogen-bond donors (Lipinski definition) is 0. The molecule has 0 aliphatic rings. The predicted molar refractivity (Wildman–Crippen MR) is 367 cm³/mol. The van der Waals surface area contributed by atoms with Gasteiger partial charge in [-0.15, -0.1) is 29.7 Å². The third kappa shape index (κ3) is 11.9. The maximum absolute atomic E-state index is 9.76. The summed E-state index contributed by atoms with van der Waals surface area (Å²) in [6.07, 6.45) is 4.92. The van der Waals surface area contributed by atoms with Crippen molar-refractivity contribution < 1.29 is 55.0 Å². The molecule has 0 aliphatic carbocycles. The van der Waals surface area contributed by atoms with Crippen molar-refractivity contribution in [3.63, 3.8) is 0 Å². The third-order valence-electron chi connectivity index (χ3n) is 16.2. The Hall–Kier alpha value is -8.89. The fraction of sp³-hybridized carbons (Fsp3) is 0.205. The molecule has 89 heavy (non-hydrogen) atoms. The van der Waals surface area contributed by atoms with Gasteiger partial charge in [-0.05, 0) is 148 Å². The zero-order valence-electron chi connectivity index (χ0n) is 69.7. The number of fused-ring (bicyclic) bond motifs is 4. The Bertz CT molecular complexity index is 5720. The second-order valence-corrected chi connectivity index (χ2v) is 26.5. The molecule has 3 heterocycles. The predicted octanol–water partition coefficient (Wildman–Crippen LogP) is 21.4. The first-order valence-electron chi connectivity index (χ1n) is 38.4. The Morgan fingerprint density at radius 2 is 1.00 bits per heavy atom. The standard InChI is InChI=1S/C83H76N4O.Pt/c1-54-40-78(84-52-73(54)57-30-21-16-22-31-57)87-74-35-24-23-34-69(74)70-38-37-68(51-76(70)87)88-67-33-25-32-66(50-67)85-53-86(75-39-36-58(47-77(75)85)59-41-62(80(2,3)4)48-63(42-59)81(5,6)7)79-71(56-28-19-15-20-29-56)45-60(55-26-17-14-18-27-55)46-72(79)61-43-64(82(8,9)10)49-65(44-61)83(11,12)13;/h14-49,52H,1-13H3;/q-2;/i1D3,14D,15D,16D,17D,18D,19D,20D,21D,22D,26D,27D,28D,29D,30D,31D;. The molecule has 0 bridgehead atoms. The summed E-state index contributed by atoms with van der Waals surface area (Å²) >= 11 is 0. The summed E-state index contributed by atoms with van der Waals surface area (Å²) in [6.45, 7) is 22.8. The molecule has 0 spiro atoms. The van der Waals surface area contributed by atoms with Crippen molar-refractivity contribution in [1.29, 1.82) is 0 Å². The van der Waals surface area contributed by atoms with E-state index in [1.165, 1.54) is 12.3 Å². The van der Waals surface area contributed by atoms with Gasteiger partial charge in [0.25, 0.3) is 6.33 Å². The van der Waals surface area contributed by atoms with Crippen LogP contribution in [0.2, 0.25) is 0 Å². The van der Waals surface area contributed by atoms with Gasteiger partial charge in [-0.1, -0.05) is 246 Å². The SMILES string of the molecule is [2H]c1c([2H])c([2H])c(-c2cc(-c3cc(C(C)(C)C)cc(C(C)(C)C)c3)c(-[n+]3[c-]n(-c4[c-]c(Oc5[c-]c6c(cc5)c5ccccc5n6-c5cc(C([2H])([2H])[2H])c(-c6c([2H])c([2H])c([2H])c([2H])c6[2H])cn5)ccc4)c4cc(-c5cc(C(C)(C)C)cc(C(C)(C)C)c5)ccc43)c(-c3c([2H])c([2H])c([2H])c([2H])c3[2H])c2)c([2H])c1[2H].[Pt]. The Labute approximate surface area is 565 Å². The molecule has 0 amide bonds. The van der Waals surface area contributed by atoms with E-state index in [-0.39, 0.29) is 93.8 Å². The van der Waals surface area contributed by atoms with Gasteiger partial charge in [0.2, 0.25) is 0 Å². The second-order valence-electron chi connectivity index (χ2n) is 26.5. The number of benzene rings is 10. The van der Waals surface area contributed by atoms with Crippen LogP contribution in [0.5, 0.6) is 11.5 Å². The summed E-state index contributed by atoms with van der Waals surface area (Å²) in [4.78, 5) is 4.75. The van der Waals surface area contributed by atoms with Crippen LogP contribution in [-0.4, -0.2) is 14.1 Å². The van der Waals surface area contributed by atoms with Gasteiger partial charge in [0, 0.05) is 54.0 Å². The molecular weight excluding hydrogens is 1260 g/mol. The Morgan fingerprint density at radius 3 is 1.60 bits per heavy atom. The van der Waals surface area contributed by atoms with Crippen molar-refractivity contribution in [1.82, 2.24) is 14.1 Å². The molecule has 0 saturated heterocycles. The molecule has 0 atom stereocenters. The summed E-state index contributed by atoms with van der Waals surface area (Å²) in [5.41, 5.74) is 7.27. The maximum Gasteiger partial charge on any atom is 0.268 e. The molecular formula is C83H76N4OPt-2. The molecule has 5 nitrogen and oxygen atoms in total. The number of nitrogens with zero attached hydrogens (tertiary/aromatic N) is 4. The van der Waals surface area contributed by atoms with Crippen molar-refractivity contribution in [2.24, 2.45) is 0 Å². The molecule has 10 aromatic carbocycles. The Kier molecular flexibility index (Phi) is 11.0. The van der Waals surface area contributed by atoms with Gasteiger partial charge in [0.1, 0.15) is 5.82 Å². The molecule has 0 N–H and O–H groups in total. The fourth-order valence-electron chi connectivity index (χ4n) is 11.2. The quantitative estimate of drug-likeness (QED) is 0.101. The summed E-state index contributed by atoms with van der Waals surface area (Å²) in [6, 6.07) is 38.0. The van der Waals surface area contributed by atoms with Crippen molar-refractivity contribution in [3.8, 4) is 84.3 Å². The fourth-order valence-corrected chi connectivity index (χ4v) is 11.2. The summed E-state index contributed by atoms with van der Waals surface area (Å²) < 4.78 is 173. The van der Waals surface area contributed by atoms with Crippen LogP contribution in [0.15, 0.2) is 224 Å². The zero-order chi connectivity index (χ0) is 77.0. The van der Waals surface area contributed by atoms with Crippen LogP contribution in [0.25, 0.3) is 106 Å². The molecule has 13 aromatic rings. The van der Waals surface area contributed by atoms with E-state index in [4.69, 9.17) is 26.2 Å². The number of para-hydroxylation sites is 1. The van der Waals surface area contributed by atoms with Gasteiger partial charge in [0.05, 0.1) is 37.3 Å². The molecule has 6 heteroatoms. The normalized spacial score (nSPS) is 15.2. The van der Waals surface area contributed by atoms with Crippen LogP contribution < -0.4 is 9.30 Å². The minimum atomic E-state index is -2.85. The summed E-state index contributed by atoms with van der Waals surface area (Å²) in [5, 5.41) is 1.47. The number of imidazole rings is 1. The van der Waals surface area contributed by atoms with Crippen LogP contribution in [-0.2, 0) is 42.7 Å². The molecule has 13 rings (SSSR count). The molecule has 0 radical (unpaired) electrons. The van der Waals surface area contributed by atoms with Crippen LogP contribution in [0.4, 0.5) is 0 Å². The number of pyridine rings is 1. The van der Waals surface area contributed by atoms with E-state index >= 15 is 0 Å². The van der Waals surface area contributed by atoms with E-state index in [9.17, 15) is 8.22 Å². The molecule has 0 saturated carbocycles. The number of ether oxygens (including phenoxy) is 1. The maximum atomic E-state index is 9.76. The van der Waals surface area contributed by atoms with Crippen LogP contribution >= 0.6 is 0 Å². The van der Waals surface area contributed by atoms with E-state index in [2.05, 4.69) is 126 Å². The number of aromatic nitrogens is 4. The monoisotopic (exact) mass is 1360 g/mol. The Morgan fingerprint density at radius 1 is 0.461 bits per heavy atom. The van der Waals surface area contributed by atoms with Crippen LogP contribution in [0.3, 0.4) is 0 Å². The van der Waals surface area contributed by atoms with E-state index in [0.29, 0.717) is 44.3 Å². The van der Waals surface area contributed by atoms with Crippen LogP contribution in [0, 0.1) is 25.3 Å². The van der Waals surface area contributed by atoms with Gasteiger partial charge >= 0.3 is 0 Å². The Balaban J connectivity index is 0.0000107. The van der Waals surface area contributed by atoms with Crippen molar-refractivity contribution in [2.45, 2.75) is 112 Å². The average molecular weight is 1360 g/mol. The minimum Gasteiger partial charge on any atom is -0.510 e. The topological polar surface area (TPSA) is 35.9 Å². The zero-order valence-corrected chi connectivity index (χ0v) is 54.0. The van der Waals surface area contributed by atoms with Gasteiger partial charge in [-0.25, -0.2) is 4.98 Å². The smallest absolute Gasteiger partial charge is 0.268 e. The molecule has 0 aliphatic heterocycles. The van der Waals surface area contributed by atoms with E-state index in [1.54, 1.807) is 39.5 Å². The summed E-state index contributed by atoms with van der Waals surface area (Å²) in [5.74, 6) is 0.559. The second kappa shape index (κ2) is 23.2. The average Bonchev–Trinajstić information content (AvgIpc) is 1.46. The first kappa shape index (κ1) is 42.1. The molecule has 3 aromatic heterocycles. The summed E-state index contributed by atoms with van der Waals surface area (Å²) in [7, 11) is 0. The third-order valence-corrected chi connectivity index (χ3v) is 16.2. The van der Waals surface area contributed by atoms with Gasteiger partial charge in [-0.2, -0.15) is 18.2 Å². The van der Waals surface area contributed by atoms with Gasteiger partial charge in [-0.3, -0.25) is 4.57 Å². The van der Waals surface area contributed by atoms with Gasteiger partial charge < -0.3 is 13.9 Å². The number of rotatable bonds is 10. The van der Waals surface area contributed by atoms with E-state index < -0.39 is 108 Å².